The Morgan fingerprint density at radius 2 is 2.23 bits per heavy atom. The number of amides is 1. The third kappa shape index (κ3) is 3.57. The molecule has 3 heterocycles. The van der Waals surface area contributed by atoms with Crippen LogP contribution in [0, 0.1) is 12.3 Å². The van der Waals surface area contributed by atoms with Crippen molar-refractivity contribution in [2.24, 2.45) is 5.73 Å². The molecule has 1 fully saturated rings. The molecule has 1 saturated heterocycles. The number of aliphatic hydroxyl groups excluding tert-OH is 1. The summed E-state index contributed by atoms with van der Waals surface area (Å²) >= 11 is 5.96. The van der Waals surface area contributed by atoms with Gasteiger partial charge in [0.1, 0.15) is 17.7 Å². The molecule has 13 heteroatoms. The molecular formula is C17H18ClN5O7. The third-order valence-corrected chi connectivity index (χ3v) is 4.89. The van der Waals surface area contributed by atoms with E-state index >= 15 is 0 Å². The number of ether oxygens (including phenoxy) is 2. The largest absolute Gasteiger partial charge is 0.479 e. The predicted octanol–water partition coefficient (Wildman–Crippen LogP) is -1.38. The number of imidazole rings is 1. The number of primary amides is 1. The van der Waals surface area contributed by atoms with Crippen LogP contribution in [0.25, 0.3) is 11.2 Å². The number of aliphatic hydroxyl groups is 2. The molecule has 0 spiro atoms. The van der Waals surface area contributed by atoms with Crippen molar-refractivity contribution in [2.45, 2.75) is 43.5 Å². The number of rotatable bonds is 7. The molecule has 160 valence electrons. The molecular weight excluding hydrogens is 422 g/mol. The lowest BCUT2D eigenvalue weighted by molar-refractivity contribution is -0.161. The van der Waals surface area contributed by atoms with E-state index in [0.717, 1.165) is 0 Å². The summed E-state index contributed by atoms with van der Waals surface area (Å²) in [5.41, 5.74) is 3.93. The van der Waals surface area contributed by atoms with Crippen molar-refractivity contribution in [2.75, 3.05) is 6.61 Å². The normalized spacial score (nSPS) is 27.1. The Morgan fingerprint density at radius 1 is 1.53 bits per heavy atom. The number of nitrogens with two attached hydrogens (primary N) is 1. The number of carboxylic acid groups (broad SMARTS) is 1. The first-order valence-electron chi connectivity index (χ1n) is 8.70. The second-order valence-corrected chi connectivity index (χ2v) is 6.84. The van der Waals surface area contributed by atoms with Crippen molar-refractivity contribution in [1.82, 2.24) is 19.5 Å². The molecule has 12 nitrogen and oxygen atoms in total. The Morgan fingerprint density at radius 3 is 2.80 bits per heavy atom. The van der Waals surface area contributed by atoms with Crippen molar-refractivity contribution in [3.8, 4) is 12.3 Å². The van der Waals surface area contributed by atoms with E-state index in [1.807, 2.05) is 12.8 Å². The Labute approximate surface area is 174 Å². The maximum atomic E-state index is 11.2. The van der Waals surface area contributed by atoms with Crippen LogP contribution in [0.4, 0.5) is 0 Å². The van der Waals surface area contributed by atoms with E-state index < -0.39 is 48.6 Å². The van der Waals surface area contributed by atoms with Gasteiger partial charge in [-0.05, 0) is 18.0 Å². The van der Waals surface area contributed by atoms with E-state index in [9.17, 15) is 19.8 Å². The van der Waals surface area contributed by atoms with Crippen LogP contribution in [0.15, 0.2) is 6.33 Å². The summed E-state index contributed by atoms with van der Waals surface area (Å²) in [6.07, 6.45) is 0.893. The minimum Gasteiger partial charge on any atom is -0.479 e. The number of aryl methyl sites for hydroxylation is 1. The second kappa shape index (κ2) is 8.13. The number of aliphatic carboxylic acids is 1. The zero-order valence-electron chi connectivity index (χ0n) is 15.6. The number of hydrogen-bond donors (Lipinski definition) is 4. The zero-order chi connectivity index (χ0) is 22.2. The highest BCUT2D eigenvalue weighted by molar-refractivity contribution is 6.28. The van der Waals surface area contributed by atoms with Gasteiger partial charge in [-0.2, -0.15) is 4.98 Å². The van der Waals surface area contributed by atoms with E-state index in [0.29, 0.717) is 17.6 Å². The molecule has 5 N–H and O–H groups in total. The monoisotopic (exact) mass is 439 g/mol. The van der Waals surface area contributed by atoms with Gasteiger partial charge in [0.25, 0.3) is 5.91 Å². The summed E-state index contributed by atoms with van der Waals surface area (Å²) in [5, 5.41) is 30.4. The third-order valence-electron chi connectivity index (χ3n) is 4.72. The van der Waals surface area contributed by atoms with Crippen LogP contribution < -0.4 is 5.73 Å². The zero-order valence-corrected chi connectivity index (χ0v) is 16.4. The predicted molar refractivity (Wildman–Crippen MR) is 100.0 cm³/mol. The molecule has 1 unspecified atom stereocenters. The fraction of sp³-hybridized carbons (Fsp3) is 0.471. The minimum absolute atomic E-state index is 0.0496. The molecule has 2 aromatic rings. The average Bonchev–Trinajstić information content (AvgIpc) is 3.21. The lowest BCUT2D eigenvalue weighted by Crippen LogP contribution is -2.49. The number of terminal acetylenes is 1. The fourth-order valence-electron chi connectivity index (χ4n) is 3.15. The Bertz CT molecular complexity index is 1020. The smallest absolute Gasteiger partial charge is 0.342 e. The first-order valence-corrected chi connectivity index (χ1v) is 9.08. The molecule has 1 aliphatic heterocycles. The van der Waals surface area contributed by atoms with Gasteiger partial charge >= 0.3 is 5.97 Å². The van der Waals surface area contributed by atoms with Gasteiger partial charge in [-0.25, -0.2) is 14.8 Å². The van der Waals surface area contributed by atoms with Gasteiger partial charge in [0.15, 0.2) is 17.5 Å². The molecule has 0 saturated carbocycles. The first kappa shape index (κ1) is 21.9. The van der Waals surface area contributed by atoms with Crippen LogP contribution in [0.2, 0.25) is 5.28 Å². The number of nitrogens with zero attached hydrogens (tertiary/aromatic N) is 4. The SMILES string of the molecule is C#C[C@@]1(O)[C@@H](COC(C(N)=O)C(=O)O)O[C@@H](n2cnc3c(CC)nc(Cl)nc32)[C@@H]1O. The van der Waals surface area contributed by atoms with E-state index in [1.165, 1.54) is 10.9 Å². The van der Waals surface area contributed by atoms with Gasteiger partial charge in [0, 0.05) is 0 Å². The highest BCUT2D eigenvalue weighted by Gasteiger charge is 2.56. The minimum atomic E-state index is -2.27. The summed E-state index contributed by atoms with van der Waals surface area (Å²) in [5.74, 6) is -0.833. The molecule has 30 heavy (non-hydrogen) atoms. The summed E-state index contributed by atoms with van der Waals surface area (Å²) in [6, 6.07) is 0. The van der Waals surface area contributed by atoms with E-state index in [2.05, 4.69) is 15.0 Å². The molecule has 2 aromatic heterocycles. The Hall–Kier alpha value is -2.82. The van der Waals surface area contributed by atoms with Crippen molar-refractivity contribution >= 4 is 34.6 Å². The van der Waals surface area contributed by atoms with E-state index in [-0.39, 0.29) is 10.9 Å². The Kier molecular flexibility index (Phi) is 5.93. The molecule has 0 bridgehead atoms. The second-order valence-electron chi connectivity index (χ2n) is 6.50. The number of halogens is 1. The number of aromatic nitrogens is 4. The van der Waals surface area contributed by atoms with Crippen LogP contribution in [-0.2, 0) is 25.5 Å². The van der Waals surface area contributed by atoms with Crippen molar-refractivity contribution in [3.63, 3.8) is 0 Å². The molecule has 3 rings (SSSR count). The molecule has 0 aliphatic carbocycles. The van der Waals surface area contributed by atoms with Gasteiger partial charge in [-0.15, -0.1) is 6.42 Å². The van der Waals surface area contributed by atoms with Crippen molar-refractivity contribution in [3.05, 3.63) is 17.3 Å². The summed E-state index contributed by atoms with van der Waals surface area (Å²) in [7, 11) is 0. The van der Waals surface area contributed by atoms with E-state index in [1.54, 1.807) is 0 Å². The van der Waals surface area contributed by atoms with Crippen LogP contribution in [-0.4, -0.2) is 77.2 Å². The number of carbonyl (C=O) groups excluding carboxylic acids is 1. The van der Waals surface area contributed by atoms with Crippen molar-refractivity contribution in [1.29, 1.82) is 0 Å². The van der Waals surface area contributed by atoms with Gasteiger partial charge in [-0.3, -0.25) is 9.36 Å². The maximum Gasteiger partial charge on any atom is 0.342 e. The van der Waals surface area contributed by atoms with Crippen LogP contribution in [0.1, 0.15) is 18.8 Å². The molecule has 0 aromatic carbocycles. The van der Waals surface area contributed by atoms with Gasteiger partial charge < -0.3 is 30.5 Å². The quantitative estimate of drug-likeness (QED) is 0.228. The maximum absolute atomic E-state index is 11.2. The van der Waals surface area contributed by atoms with Gasteiger partial charge in [0.2, 0.25) is 11.4 Å². The molecule has 1 aliphatic rings. The Balaban J connectivity index is 1.94. The van der Waals surface area contributed by atoms with Crippen LogP contribution >= 0.6 is 11.6 Å². The lowest BCUT2D eigenvalue weighted by Gasteiger charge is -2.25. The topological polar surface area (TPSA) is 183 Å². The van der Waals surface area contributed by atoms with Crippen LogP contribution in [0.3, 0.4) is 0 Å². The molecule has 0 radical (unpaired) electrons. The number of carboxylic acids is 1. The summed E-state index contributed by atoms with van der Waals surface area (Å²) < 4.78 is 11.9. The highest BCUT2D eigenvalue weighted by atomic mass is 35.5. The van der Waals surface area contributed by atoms with E-state index in [4.69, 9.17) is 38.3 Å². The average molecular weight is 440 g/mol. The lowest BCUT2D eigenvalue weighted by atomic mass is 9.93. The standard InChI is InChI=1S/C17H18ClN5O7/c1-3-7-9-13(22-16(18)21-7)23(6-20-9)14-11(24)17(28,4-2)8(30-14)5-29-10(12(19)25)15(26)27/h2,6,8,10-11,14,24,28H,3,5H2,1H3,(H2,19,25)(H,26,27)/t8-,10?,11+,14-,17-/m1/s1. The summed E-state index contributed by atoms with van der Waals surface area (Å²) in [6.45, 7) is 1.21. The highest BCUT2D eigenvalue weighted by Crippen LogP contribution is 2.38. The molecule has 5 atom stereocenters. The number of fused-ring (bicyclic) bond motifs is 1. The summed E-state index contributed by atoms with van der Waals surface area (Å²) in [4.78, 5) is 34.7. The van der Waals surface area contributed by atoms with Crippen LogP contribution in [0.5, 0.6) is 0 Å². The first-order chi connectivity index (χ1) is 14.1. The fourth-order valence-corrected chi connectivity index (χ4v) is 3.34. The molecule has 1 amide bonds. The van der Waals surface area contributed by atoms with Crippen molar-refractivity contribution < 1.29 is 34.4 Å². The number of hydrogen-bond acceptors (Lipinski definition) is 9. The van der Waals surface area contributed by atoms with Gasteiger partial charge in [-0.1, -0.05) is 12.8 Å². The number of carbonyl (C=O) groups is 2. The van der Waals surface area contributed by atoms with Gasteiger partial charge in [0.05, 0.1) is 18.6 Å².